The molecule has 0 spiro atoms. The van der Waals surface area contributed by atoms with Crippen LogP contribution in [0.5, 0.6) is 0 Å². The number of anilines is 1. The summed E-state index contributed by atoms with van der Waals surface area (Å²) in [5.74, 6) is 1.99. The van der Waals surface area contributed by atoms with Crippen molar-refractivity contribution in [3.05, 3.63) is 60.2 Å². The van der Waals surface area contributed by atoms with Gasteiger partial charge in [0.25, 0.3) is 0 Å². The molecule has 0 unspecified atom stereocenters. The Bertz CT molecular complexity index is 762. The Morgan fingerprint density at radius 2 is 1.89 bits per heavy atom. The minimum absolute atomic E-state index is 0.221. The molecule has 0 atom stereocenters. The second kappa shape index (κ2) is 10.0. The van der Waals surface area contributed by atoms with Crippen molar-refractivity contribution in [3.63, 3.8) is 0 Å². The quantitative estimate of drug-likeness (QED) is 0.334. The van der Waals surface area contributed by atoms with Crippen LogP contribution in [0.1, 0.15) is 18.4 Å². The Balaban J connectivity index is 1.40. The Kier molecular flexibility index (Phi) is 7.16. The first-order valence-electron chi connectivity index (χ1n) is 9.28. The van der Waals surface area contributed by atoms with Crippen molar-refractivity contribution >= 4 is 29.3 Å². The van der Waals surface area contributed by atoms with Crippen LogP contribution in [0.4, 0.5) is 5.69 Å². The molecular formula is C21H26N4OS. The SMILES string of the molecule is CN=C(NCCSc1ccccc1)NCc1ccc(N2CCCC2=O)cc1. The van der Waals surface area contributed by atoms with Crippen LogP contribution in [0.15, 0.2) is 64.5 Å². The maximum Gasteiger partial charge on any atom is 0.227 e. The highest BCUT2D eigenvalue weighted by Crippen LogP contribution is 2.21. The zero-order valence-electron chi connectivity index (χ0n) is 15.6. The van der Waals surface area contributed by atoms with Crippen LogP contribution in [0.3, 0.4) is 0 Å². The number of nitrogens with one attached hydrogen (secondary N) is 2. The van der Waals surface area contributed by atoms with E-state index in [0.29, 0.717) is 13.0 Å². The van der Waals surface area contributed by atoms with Gasteiger partial charge >= 0.3 is 0 Å². The van der Waals surface area contributed by atoms with Gasteiger partial charge in [-0.3, -0.25) is 9.79 Å². The molecule has 1 aliphatic rings. The van der Waals surface area contributed by atoms with Gasteiger partial charge in [-0.25, -0.2) is 0 Å². The molecule has 0 radical (unpaired) electrons. The van der Waals surface area contributed by atoms with Gasteiger partial charge in [0, 0.05) is 49.4 Å². The van der Waals surface area contributed by atoms with Gasteiger partial charge < -0.3 is 15.5 Å². The summed E-state index contributed by atoms with van der Waals surface area (Å²) in [6, 6.07) is 18.6. The summed E-state index contributed by atoms with van der Waals surface area (Å²) in [5, 5.41) is 6.67. The van der Waals surface area contributed by atoms with Crippen LogP contribution in [-0.2, 0) is 11.3 Å². The van der Waals surface area contributed by atoms with E-state index in [9.17, 15) is 4.79 Å². The number of nitrogens with zero attached hydrogens (tertiary/aromatic N) is 2. The lowest BCUT2D eigenvalue weighted by Gasteiger charge is -2.16. The molecular weight excluding hydrogens is 356 g/mol. The number of rotatable bonds is 7. The van der Waals surface area contributed by atoms with Gasteiger partial charge in [0.1, 0.15) is 0 Å². The zero-order valence-corrected chi connectivity index (χ0v) is 16.5. The fourth-order valence-corrected chi connectivity index (χ4v) is 3.77. The third kappa shape index (κ3) is 5.76. The number of benzene rings is 2. The molecule has 0 saturated carbocycles. The zero-order chi connectivity index (χ0) is 18.9. The van der Waals surface area contributed by atoms with Crippen molar-refractivity contribution in [2.45, 2.75) is 24.3 Å². The first-order valence-corrected chi connectivity index (χ1v) is 10.3. The van der Waals surface area contributed by atoms with Gasteiger partial charge in [-0.15, -0.1) is 11.8 Å². The number of carbonyl (C=O) groups excluding carboxylic acids is 1. The van der Waals surface area contributed by atoms with Crippen molar-refractivity contribution in [1.82, 2.24) is 10.6 Å². The number of guanidine groups is 1. The first kappa shape index (κ1) is 19.3. The number of hydrogen-bond donors (Lipinski definition) is 2. The van der Waals surface area contributed by atoms with E-state index in [1.807, 2.05) is 34.9 Å². The summed E-state index contributed by atoms with van der Waals surface area (Å²) in [7, 11) is 1.78. The fourth-order valence-electron chi connectivity index (χ4n) is 2.98. The van der Waals surface area contributed by atoms with Crippen LogP contribution in [0.25, 0.3) is 0 Å². The molecule has 1 saturated heterocycles. The lowest BCUT2D eigenvalue weighted by Crippen LogP contribution is -2.37. The second-order valence-corrected chi connectivity index (χ2v) is 7.50. The summed E-state index contributed by atoms with van der Waals surface area (Å²) in [4.78, 5) is 19.2. The molecule has 142 valence electrons. The Labute approximate surface area is 165 Å². The maximum atomic E-state index is 11.8. The topological polar surface area (TPSA) is 56.7 Å². The van der Waals surface area contributed by atoms with E-state index in [1.54, 1.807) is 7.05 Å². The highest BCUT2D eigenvalue weighted by molar-refractivity contribution is 7.99. The molecule has 2 N–H and O–H groups in total. The second-order valence-electron chi connectivity index (χ2n) is 6.33. The molecule has 27 heavy (non-hydrogen) atoms. The molecule has 5 nitrogen and oxygen atoms in total. The fraction of sp³-hybridized carbons (Fsp3) is 0.333. The van der Waals surface area contributed by atoms with E-state index in [4.69, 9.17) is 0 Å². The molecule has 0 aliphatic carbocycles. The molecule has 6 heteroatoms. The van der Waals surface area contributed by atoms with Crippen molar-refractivity contribution in [2.75, 3.05) is 30.8 Å². The Hall–Kier alpha value is -2.47. The van der Waals surface area contributed by atoms with Crippen molar-refractivity contribution in [1.29, 1.82) is 0 Å². The smallest absolute Gasteiger partial charge is 0.227 e. The van der Waals surface area contributed by atoms with Crippen LogP contribution in [-0.4, -0.2) is 37.8 Å². The Morgan fingerprint density at radius 3 is 2.56 bits per heavy atom. The highest BCUT2D eigenvalue weighted by Gasteiger charge is 2.21. The van der Waals surface area contributed by atoms with Gasteiger partial charge in [-0.05, 0) is 36.2 Å². The molecule has 1 amide bonds. The van der Waals surface area contributed by atoms with Crippen LogP contribution >= 0.6 is 11.8 Å². The number of carbonyl (C=O) groups is 1. The first-order chi connectivity index (χ1) is 13.3. The van der Waals surface area contributed by atoms with E-state index in [2.05, 4.69) is 52.0 Å². The predicted octanol–water partition coefficient (Wildman–Crippen LogP) is 3.27. The van der Waals surface area contributed by atoms with E-state index >= 15 is 0 Å². The van der Waals surface area contributed by atoms with Gasteiger partial charge in [0.05, 0.1) is 0 Å². The third-order valence-corrected chi connectivity index (χ3v) is 5.43. The third-order valence-electron chi connectivity index (χ3n) is 4.41. The predicted molar refractivity (Wildman–Crippen MR) is 113 cm³/mol. The monoisotopic (exact) mass is 382 g/mol. The van der Waals surface area contributed by atoms with Crippen molar-refractivity contribution in [3.8, 4) is 0 Å². The van der Waals surface area contributed by atoms with Gasteiger partial charge in [-0.2, -0.15) is 0 Å². The number of hydrogen-bond acceptors (Lipinski definition) is 3. The van der Waals surface area contributed by atoms with E-state index < -0.39 is 0 Å². The van der Waals surface area contributed by atoms with Gasteiger partial charge in [-0.1, -0.05) is 30.3 Å². The molecule has 0 aromatic heterocycles. The summed E-state index contributed by atoms with van der Waals surface area (Å²) in [6.07, 6.45) is 1.61. The molecule has 0 bridgehead atoms. The van der Waals surface area contributed by atoms with Gasteiger partial charge in [0.15, 0.2) is 5.96 Å². The largest absolute Gasteiger partial charge is 0.356 e. The Morgan fingerprint density at radius 1 is 1.11 bits per heavy atom. The lowest BCUT2D eigenvalue weighted by molar-refractivity contribution is -0.117. The molecule has 2 aromatic rings. The summed E-state index contributed by atoms with van der Waals surface area (Å²) in [6.45, 7) is 2.36. The highest BCUT2D eigenvalue weighted by atomic mass is 32.2. The average Bonchev–Trinajstić information content (AvgIpc) is 3.14. The summed E-state index contributed by atoms with van der Waals surface area (Å²) in [5.41, 5.74) is 2.15. The minimum Gasteiger partial charge on any atom is -0.356 e. The van der Waals surface area contributed by atoms with Crippen molar-refractivity contribution in [2.24, 2.45) is 4.99 Å². The molecule has 1 fully saturated rings. The normalized spacial score (nSPS) is 14.5. The molecule has 1 aliphatic heterocycles. The van der Waals surface area contributed by atoms with E-state index in [1.165, 1.54) is 4.90 Å². The molecule has 3 rings (SSSR count). The lowest BCUT2D eigenvalue weighted by atomic mass is 10.2. The van der Waals surface area contributed by atoms with Gasteiger partial charge in [0.2, 0.25) is 5.91 Å². The number of amides is 1. The van der Waals surface area contributed by atoms with Crippen molar-refractivity contribution < 1.29 is 4.79 Å². The summed E-state index contributed by atoms with van der Waals surface area (Å²) >= 11 is 1.82. The molecule has 1 heterocycles. The van der Waals surface area contributed by atoms with Crippen LogP contribution in [0, 0.1) is 0 Å². The maximum absolute atomic E-state index is 11.8. The minimum atomic E-state index is 0.221. The standard InChI is InChI=1S/C21H26N4OS/c1-22-21(23-13-15-27-19-6-3-2-4-7-19)24-16-17-9-11-18(12-10-17)25-14-5-8-20(25)26/h2-4,6-7,9-12H,5,8,13-16H2,1H3,(H2,22,23,24). The summed E-state index contributed by atoms with van der Waals surface area (Å²) < 4.78 is 0. The number of aliphatic imine (C=N–C) groups is 1. The molecule has 2 aromatic carbocycles. The van der Waals surface area contributed by atoms with Crippen LogP contribution in [0.2, 0.25) is 0 Å². The average molecular weight is 383 g/mol. The number of thioether (sulfide) groups is 1. The van der Waals surface area contributed by atoms with Crippen LogP contribution < -0.4 is 15.5 Å². The van der Waals surface area contributed by atoms with E-state index in [0.717, 1.165) is 42.5 Å². The van der Waals surface area contributed by atoms with E-state index in [-0.39, 0.29) is 5.91 Å².